The van der Waals surface area contributed by atoms with E-state index in [0.29, 0.717) is 19.6 Å². The van der Waals surface area contributed by atoms with Crippen molar-refractivity contribution >= 4 is 17.5 Å². The first kappa shape index (κ1) is 19.3. The molecular formula is C20H24N2O4. The lowest BCUT2D eigenvalue weighted by Gasteiger charge is -2.18. The summed E-state index contributed by atoms with van der Waals surface area (Å²) < 4.78 is 10.7. The van der Waals surface area contributed by atoms with Crippen LogP contribution in [0.25, 0.3) is 0 Å². The standard InChI is InChI=1S/C20H24N2O4/c1-15(23)21-17-6-4-16(5-7-17)14-20(24)22(2)12-13-26-19-10-8-18(25-3)9-11-19/h4-11H,12-14H2,1-3H3,(H,21,23). The average Bonchev–Trinajstić information content (AvgIpc) is 2.63. The van der Waals surface area contributed by atoms with E-state index in [1.54, 1.807) is 31.2 Å². The first-order valence-corrected chi connectivity index (χ1v) is 8.35. The molecule has 2 rings (SSSR count). The van der Waals surface area contributed by atoms with E-state index in [2.05, 4.69) is 5.32 Å². The summed E-state index contributed by atoms with van der Waals surface area (Å²) in [5.41, 5.74) is 1.61. The molecule has 0 aliphatic heterocycles. The second-order valence-electron chi connectivity index (χ2n) is 5.89. The lowest BCUT2D eigenvalue weighted by atomic mass is 10.1. The van der Waals surface area contributed by atoms with Gasteiger partial charge in [0.05, 0.1) is 20.1 Å². The monoisotopic (exact) mass is 356 g/mol. The number of benzene rings is 2. The molecule has 0 saturated heterocycles. The summed E-state index contributed by atoms with van der Waals surface area (Å²) in [6, 6.07) is 14.6. The highest BCUT2D eigenvalue weighted by molar-refractivity contribution is 5.88. The van der Waals surface area contributed by atoms with Crippen LogP contribution in [0.15, 0.2) is 48.5 Å². The van der Waals surface area contributed by atoms with Crippen molar-refractivity contribution in [2.24, 2.45) is 0 Å². The minimum absolute atomic E-state index is 0.00982. The molecule has 6 nitrogen and oxygen atoms in total. The number of carbonyl (C=O) groups excluding carboxylic acids is 2. The number of carbonyl (C=O) groups is 2. The third-order valence-electron chi connectivity index (χ3n) is 3.81. The van der Waals surface area contributed by atoms with Crippen LogP contribution in [0, 0.1) is 0 Å². The molecule has 0 saturated carbocycles. The molecule has 0 heterocycles. The van der Waals surface area contributed by atoms with Crippen LogP contribution >= 0.6 is 0 Å². The molecular weight excluding hydrogens is 332 g/mol. The summed E-state index contributed by atoms with van der Waals surface area (Å²) in [6.07, 6.45) is 0.305. The van der Waals surface area contributed by atoms with Crippen molar-refractivity contribution in [2.75, 3.05) is 32.6 Å². The predicted octanol–water partition coefficient (Wildman–Crippen LogP) is 2.73. The van der Waals surface area contributed by atoms with E-state index < -0.39 is 0 Å². The fourth-order valence-corrected chi connectivity index (χ4v) is 2.32. The van der Waals surface area contributed by atoms with Crippen molar-refractivity contribution in [3.8, 4) is 11.5 Å². The van der Waals surface area contributed by atoms with Crippen LogP contribution in [-0.4, -0.2) is 44.0 Å². The number of anilines is 1. The second kappa shape index (κ2) is 9.46. The molecule has 0 aliphatic carbocycles. The van der Waals surface area contributed by atoms with Gasteiger partial charge in [0.15, 0.2) is 0 Å². The predicted molar refractivity (Wildman–Crippen MR) is 101 cm³/mol. The average molecular weight is 356 g/mol. The summed E-state index contributed by atoms with van der Waals surface area (Å²) in [4.78, 5) is 24.9. The van der Waals surface area contributed by atoms with Gasteiger partial charge in [-0.05, 0) is 42.0 Å². The van der Waals surface area contributed by atoms with E-state index in [-0.39, 0.29) is 11.8 Å². The molecule has 0 aromatic heterocycles. The number of nitrogens with zero attached hydrogens (tertiary/aromatic N) is 1. The van der Waals surface area contributed by atoms with Gasteiger partial charge in [-0.1, -0.05) is 12.1 Å². The van der Waals surface area contributed by atoms with Crippen molar-refractivity contribution in [3.63, 3.8) is 0 Å². The minimum Gasteiger partial charge on any atom is -0.497 e. The molecule has 0 atom stereocenters. The van der Waals surface area contributed by atoms with Gasteiger partial charge in [0, 0.05) is 19.7 Å². The maximum absolute atomic E-state index is 12.3. The molecule has 2 aromatic carbocycles. The number of rotatable bonds is 8. The first-order valence-electron chi connectivity index (χ1n) is 8.35. The van der Waals surface area contributed by atoms with Crippen LogP contribution in [0.1, 0.15) is 12.5 Å². The Morgan fingerprint density at radius 1 is 1.00 bits per heavy atom. The highest BCUT2D eigenvalue weighted by Gasteiger charge is 2.10. The number of hydrogen-bond acceptors (Lipinski definition) is 4. The number of methoxy groups -OCH3 is 1. The van der Waals surface area contributed by atoms with Gasteiger partial charge < -0.3 is 19.7 Å². The number of nitrogens with one attached hydrogen (secondary N) is 1. The largest absolute Gasteiger partial charge is 0.497 e. The molecule has 138 valence electrons. The van der Waals surface area contributed by atoms with E-state index in [1.165, 1.54) is 6.92 Å². The Morgan fingerprint density at radius 3 is 2.19 bits per heavy atom. The minimum atomic E-state index is -0.120. The Kier molecular flexibility index (Phi) is 7.02. The molecule has 1 N–H and O–H groups in total. The van der Waals surface area contributed by atoms with Crippen LogP contribution in [0.3, 0.4) is 0 Å². The van der Waals surface area contributed by atoms with E-state index >= 15 is 0 Å². The van der Waals surface area contributed by atoms with Crippen molar-refractivity contribution < 1.29 is 19.1 Å². The smallest absolute Gasteiger partial charge is 0.226 e. The number of ether oxygens (including phenoxy) is 2. The van der Waals surface area contributed by atoms with Gasteiger partial charge in [-0.15, -0.1) is 0 Å². The maximum atomic E-state index is 12.3. The van der Waals surface area contributed by atoms with Gasteiger partial charge in [-0.25, -0.2) is 0 Å². The van der Waals surface area contributed by atoms with Crippen molar-refractivity contribution in [1.29, 1.82) is 0 Å². The van der Waals surface area contributed by atoms with Gasteiger partial charge in [0.1, 0.15) is 18.1 Å². The van der Waals surface area contributed by atoms with Gasteiger partial charge in [-0.2, -0.15) is 0 Å². The lowest BCUT2D eigenvalue weighted by Crippen LogP contribution is -2.32. The zero-order valence-corrected chi connectivity index (χ0v) is 15.3. The van der Waals surface area contributed by atoms with Crippen LogP contribution < -0.4 is 14.8 Å². The van der Waals surface area contributed by atoms with E-state index in [0.717, 1.165) is 22.7 Å². The normalized spacial score (nSPS) is 10.1. The summed E-state index contributed by atoms with van der Waals surface area (Å²) in [5, 5.41) is 2.70. The number of likely N-dealkylation sites (N-methyl/N-ethyl adjacent to an activating group) is 1. The fraction of sp³-hybridized carbons (Fsp3) is 0.300. The van der Waals surface area contributed by atoms with Gasteiger partial charge in [0.25, 0.3) is 0 Å². The SMILES string of the molecule is COc1ccc(OCCN(C)C(=O)Cc2ccc(NC(C)=O)cc2)cc1. The van der Waals surface area contributed by atoms with E-state index in [1.807, 2.05) is 36.4 Å². The Hall–Kier alpha value is -3.02. The van der Waals surface area contributed by atoms with Crippen LogP contribution in [0.5, 0.6) is 11.5 Å². The molecule has 6 heteroatoms. The molecule has 0 fully saturated rings. The molecule has 0 spiro atoms. The zero-order chi connectivity index (χ0) is 18.9. The van der Waals surface area contributed by atoms with E-state index in [9.17, 15) is 9.59 Å². The summed E-state index contributed by atoms with van der Waals surface area (Å²) >= 11 is 0. The Balaban J connectivity index is 1.76. The Morgan fingerprint density at radius 2 is 1.62 bits per heavy atom. The van der Waals surface area contributed by atoms with E-state index in [4.69, 9.17) is 9.47 Å². The zero-order valence-electron chi connectivity index (χ0n) is 15.3. The van der Waals surface area contributed by atoms with Crippen LogP contribution in [-0.2, 0) is 16.0 Å². The van der Waals surface area contributed by atoms with Gasteiger partial charge in [-0.3, -0.25) is 9.59 Å². The quantitative estimate of drug-likeness (QED) is 0.790. The van der Waals surface area contributed by atoms with Gasteiger partial charge in [0.2, 0.25) is 11.8 Å². The van der Waals surface area contributed by atoms with Crippen LogP contribution in [0.4, 0.5) is 5.69 Å². The van der Waals surface area contributed by atoms with Crippen molar-refractivity contribution in [1.82, 2.24) is 4.90 Å². The first-order chi connectivity index (χ1) is 12.5. The third-order valence-corrected chi connectivity index (χ3v) is 3.81. The maximum Gasteiger partial charge on any atom is 0.226 e. The highest BCUT2D eigenvalue weighted by atomic mass is 16.5. The molecule has 2 amide bonds. The van der Waals surface area contributed by atoms with Gasteiger partial charge >= 0.3 is 0 Å². The molecule has 26 heavy (non-hydrogen) atoms. The lowest BCUT2D eigenvalue weighted by molar-refractivity contribution is -0.129. The summed E-state index contributed by atoms with van der Waals surface area (Å²) in [5.74, 6) is 1.40. The molecule has 0 aliphatic rings. The second-order valence-corrected chi connectivity index (χ2v) is 5.89. The molecule has 0 unspecified atom stereocenters. The molecule has 0 bridgehead atoms. The number of amides is 2. The van der Waals surface area contributed by atoms with Crippen LogP contribution in [0.2, 0.25) is 0 Å². The topological polar surface area (TPSA) is 67.9 Å². The Labute approximate surface area is 153 Å². The van der Waals surface area contributed by atoms with Crippen molar-refractivity contribution in [2.45, 2.75) is 13.3 Å². The number of hydrogen-bond donors (Lipinski definition) is 1. The summed E-state index contributed by atoms with van der Waals surface area (Å²) in [6.45, 7) is 2.37. The highest BCUT2D eigenvalue weighted by Crippen LogP contribution is 2.17. The molecule has 2 aromatic rings. The molecule has 0 radical (unpaired) electrons. The summed E-state index contributed by atoms with van der Waals surface area (Å²) in [7, 11) is 3.37. The fourth-order valence-electron chi connectivity index (χ4n) is 2.32. The van der Waals surface area contributed by atoms with Crippen molar-refractivity contribution in [3.05, 3.63) is 54.1 Å². The third kappa shape index (κ3) is 6.12. The Bertz CT molecular complexity index is 726.